The average Bonchev–Trinajstić information content (AvgIpc) is 3.44. The summed E-state index contributed by atoms with van der Waals surface area (Å²) in [4.78, 5) is 141. The minimum atomic E-state index is -1.34. The first-order valence-electron chi connectivity index (χ1n) is 31.8. The van der Waals surface area contributed by atoms with E-state index in [1.165, 1.54) is 51.4 Å². The molecule has 4 atom stereocenters. The second-order valence-corrected chi connectivity index (χ2v) is 27.5. The Balaban J connectivity index is 5.33. The summed E-state index contributed by atoms with van der Waals surface area (Å²) in [5, 5.41) is 24.4. The predicted octanol–water partition coefficient (Wildman–Crippen LogP) is 9.55. The molecule has 0 aliphatic carbocycles. The maximum atomic E-state index is 13.5. The largest absolute Gasteiger partial charge is 0.480 e. The third-order valence-corrected chi connectivity index (χ3v) is 12.7. The van der Waals surface area contributed by atoms with Gasteiger partial charge in [0, 0.05) is 38.6 Å². The van der Waals surface area contributed by atoms with E-state index in [0.29, 0.717) is 25.7 Å². The molecule has 0 spiro atoms. The summed E-state index contributed by atoms with van der Waals surface area (Å²) in [5.74, 6) is -6.67. The molecule has 0 aliphatic heterocycles. The van der Waals surface area contributed by atoms with Crippen molar-refractivity contribution in [3.8, 4) is 0 Å². The molecule has 0 fully saturated rings. The number of amides is 6. The van der Waals surface area contributed by atoms with Crippen molar-refractivity contribution in [2.45, 2.75) is 329 Å². The van der Waals surface area contributed by atoms with Crippen LogP contribution in [0.1, 0.15) is 277 Å². The van der Waals surface area contributed by atoms with Gasteiger partial charge in [-0.05, 0) is 155 Å². The summed E-state index contributed by atoms with van der Waals surface area (Å²) < 4.78 is 27.3. The van der Waals surface area contributed by atoms with Gasteiger partial charge in [0.25, 0.3) is 0 Å². The normalized spacial score (nSPS) is 13.3. The third-order valence-electron chi connectivity index (χ3n) is 12.7. The van der Waals surface area contributed by atoms with Crippen LogP contribution in [0, 0.1) is 0 Å². The molecule has 0 heterocycles. The van der Waals surface area contributed by atoms with Gasteiger partial charge in [-0.1, -0.05) is 89.9 Å². The number of unbranched alkanes of at least 4 members (excludes halogenated alkanes) is 16. The van der Waals surface area contributed by atoms with Crippen molar-refractivity contribution in [2.75, 3.05) is 13.1 Å². The number of carbonyl (C=O) groups excluding carboxylic acids is 10. The molecule has 23 nitrogen and oxygen atoms in total. The van der Waals surface area contributed by atoms with Crippen LogP contribution in [0.3, 0.4) is 0 Å². The minimum absolute atomic E-state index is 0.0920. The molecule has 0 aromatic rings. The van der Waals surface area contributed by atoms with Gasteiger partial charge in [-0.25, -0.2) is 19.2 Å². The molecule has 6 amide bonds. The molecular weight excluding hydrogens is 1120 g/mol. The van der Waals surface area contributed by atoms with E-state index >= 15 is 0 Å². The maximum absolute atomic E-state index is 13.5. The van der Waals surface area contributed by atoms with Crippen molar-refractivity contribution in [1.82, 2.24) is 31.9 Å². The van der Waals surface area contributed by atoms with Gasteiger partial charge in [0.05, 0.1) is 0 Å². The number of esters is 4. The molecule has 0 radical (unpaired) electrons. The van der Waals surface area contributed by atoms with Crippen LogP contribution < -0.4 is 31.9 Å². The fourth-order valence-corrected chi connectivity index (χ4v) is 8.71. The number of carbonyl (C=O) groups is 11. The highest BCUT2D eigenvalue weighted by Crippen LogP contribution is 2.19. The first kappa shape index (κ1) is 81.0. The van der Waals surface area contributed by atoms with Crippen LogP contribution in [0.25, 0.3) is 0 Å². The van der Waals surface area contributed by atoms with Crippen LogP contribution in [0.2, 0.25) is 0 Å². The van der Waals surface area contributed by atoms with E-state index in [1.807, 2.05) is 20.8 Å². The van der Waals surface area contributed by atoms with Crippen LogP contribution in [0.15, 0.2) is 0 Å². The number of hydrogen-bond acceptors (Lipinski definition) is 16. The second kappa shape index (κ2) is 42.0. The smallest absolute Gasteiger partial charge is 0.408 e. The molecule has 0 saturated heterocycles. The Hall–Kier alpha value is -6.03. The predicted molar refractivity (Wildman–Crippen MR) is 331 cm³/mol. The lowest BCUT2D eigenvalue weighted by molar-refractivity contribution is -0.160. The first-order chi connectivity index (χ1) is 40.2. The van der Waals surface area contributed by atoms with Crippen LogP contribution in [-0.4, -0.2) is 136 Å². The Morgan fingerprint density at radius 3 is 0.989 bits per heavy atom. The van der Waals surface area contributed by atoms with Crippen molar-refractivity contribution >= 4 is 65.5 Å². The van der Waals surface area contributed by atoms with E-state index in [4.69, 9.17) is 28.8 Å². The van der Waals surface area contributed by atoms with Gasteiger partial charge < -0.3 is 60.7 Å². The molecule has 0 rings (SSSR count). The number of nitrogens with one attached hydrogen (secondary N) is 6. The van der Waals surface area contributed by atoms with Crippen molar-refractivity contribution < 1.29 is 81.5 Å². The Bertz CT molecular complexity index is 2130. The van der Waals surface area contributed by atoms with Crippen LogP contribution in [-0.2, 0) is 71.6 Å². The highest BCUT2D eigenvalue weighted by molar-refractivity contribution is 5.89. The molecule has 0 aromatic carbocycles. The molecule has 23 heteroatoms. The Labute approximate surface area is 519 Å². The summed E-state index contributed by atoms with van der Waals surface area (Å²) in [6.45, 7) is 25.0. The monoisotopic (exact) mass is 1240 g/mol. The highest BCUT2D eigenvalue weighted by Gasteiger charge is 2.33. The van der Waals surface area contributed by atoms with Crippen molar-refractivity contribution in [1.29, 1.82) is 0 Å². The molecule has 0 aromatic heterocycles. The van der Waals surface area contributed by atoms with E-state index in [2.05, 4.69) is 31.9 Å². The Kier molecular flexibility index (Phi) is 39.1. The van der Waals surface area contributed by atoms with Gasteiger partial charge in [-0.15, -0.1) is 0 Å². The van der Waals surface area contributed by atoms with Gasteiger partial charge in [0.2, 0.25) is 29.5 Å². The van der Waals surface area contributed by atoms with E-state index in [-0.39, 0.29) is 69.8 Å². The maximum Gasteiger partial charge on any atom is 0.408 e. The summed E-state index contributed by atoms with van der Waals surface area (Å²) in [6, 6.07) is -4.91. The summed E-state index contributed by atoms with van der Waals surface area (Å²) in [5.41, 5.74) is -4.11. The van der Waals surface area contributed by atoms with Gasteiger partial charge in [-0.3, -0.25) is 33.6 Å². The number of rotatable bonds is 43. The zero-order valence-electron chi connectivity index (χ0n) is 55.8. The molecule has 0 unspecified atom stereocenters. The van der Waals surface area contributed by atoms with Gasteiger partial charge in [0.15, 0.2) is 0 Å². The SMILES string of the molecule is CC(C)(C)OC(=O)CCCCCCCCCCCCCCCCCCC(=O)N[C@@H](CCC(=O)N[C@@H](CCC(=O)N[C@@H](CCC(=O)NCCCC[C@H](NC(=O)OC(C)(C)C)C(=O)NCC(=O)O)C(=O)OC(C)(C)C)C(=O)OC(C)(C)C)C(=O)OC(C)(C)C. The zero-order chi connectivity index (χ0) is 66.4. The third kappa shape index (κ3) is 48.6. The Morgan fingerprint density at radius 1 is 0.322 bits per heavy atom. The molecule has 87 heavy (non-hydrogen) atoms. The average molecular weight is 1240 g/mol. The number of aliphatic carboxylic acids is 1. The molecule has 7 N–H and O–H groups in total. The van der Waals surface area contributed by atoms with Crippen LogP contribution in [0.5, 0.6) is 0 Å². The summed E-state index contributed by atoms with van der Waals surface area (Å²) in [7, 11) is 0. The van der Waals surface area contributed by atoms with E-state index in [9.17, 15) is 52.7 Å². The topological polar surface area (TPSA) is 326 Å². The lowest BCUT2D eigenvalue weighted by atomic mass is 10.0. The van der Waals surface area contributed by atoms with Gasteiger partial charge in [-0.2, -0.15) is 0 Å². The standard InChI is InChI=1S/C64H114N6O17/c1-60(2,3)83-54(77)36-31-29-27-25-23-21-19-17-16-18-20-22-24-26-28-30-35-50(72)67-47(57(80)85-62(7,8)9)38-41-52(74)69-48(58(81)86-63(10,11)12)39-42-51(73)68-46(56(79)84-61(4,5)6)37-40-49(71)65-43-33-32-34-45(55(78)66-44-53(75)76)70-59(82)87-64(13,14)15/h45-48H,16-44H2,1-15H3,(H,65,71)(H,66,78)(H,67,72)(H,68,73)(H,69,74)(H,70,82)(H,75,76)/t45-,46-,47-,48-/m0/s1. The Morgan fingerprint density at radius 2 is 0.644 bits per heavy atom. The lowest BCUT2D eigenvalue weighted by Gasteiger charge is -2.26. The second-order valence-electron chi connectivity index (χ2n) is 27.5. The molecule has 0 aliphatic rings. The van der Waals surface area contributed by atoms with Crippen molar-refractivity contribution in [3.05, 3.63) is 0 Å². The van der Waals surface area contributed by atoms with E-state index in [1.54, 1.807) is 83.1 Å². The molecule has 0 saturated carbocycles. The van der Waals surface area contributed by atoms with Crippen molar-refractivity contribution in [2.24, 2.45) is 0 Å². The number of hydrogen-bond donors (Lipinski definition) is 7. The molecular formula is C64H114N6O17. The number of carboxylic acid groups (broad SMARTS) is 1. The molecule has 502 valence electrons. The minimum Gasteiger partial charge on any atom is -0.480 e. The van der Waals surface area contributed by atoms with Gasteiger partial charge >= 0.3 is 35.9 Å². The van der Waals surface area contributed by atoms with E-state index in [0.717, 1.165) is 44.9 Å². The first-order valence-corrected chi connectivity index (χ1v) is 31.8. The number of carboxylic acids is 1. The summed E-state index contributed by atoms with van der Waals surface area (Å²) >= 11 is 0. The number of ether oxygens (including phenoxy) is 5. The van der Waals surface area contributed by atoms with E-state index < -0.39 is 112 Å². The van der Waals surface area contributed by atoms with Crippen molar-refractivity contribution in [3.63, 3.8) is 0 Å². The molecule has 0 bridgehead atoms. The number of alkyl carbamates (subject to hydrolysis) is 1. The van der Waals surface area contributed by atoms with Crippen LogP contribution >= 0.6 is 0 Å². The summed E-state index contributed by atoms with van der Waals surface area (Å²) in [6.07, 6.45) is 16.6. The lowest BCUT2D eigenvalue weighted by Crippen LogP contribution is -2.49. The quantitative estimate of drug-likeness (QED) is 0.0170. The zero-order valence-corrected chi connectivity index (χ0v) is 55.8. The fourth-order valence-electron chi connectivity index (χ4n) is 8.71. The van der Waals surface area contributed by atoms with Gasteiger partial charge in [0.1, 0.15) is 58.7 Å². The van der Waals surface area contributed by atoms with Crippen LogP contribution in [0.4, 0.5) is 4.79 Å². The fraction of sp³-hybridized carbons (Fsp3) is 0.828. The highest BCUT2D eigenvalue weighted by atomic mass is 16.6.